The number of aromatic hydroxyl groups is 1. The van der Waals surface area contributed by atoms with Crippen molar-refractivity contribution in [1.29, 1.82) is 0 Å². The molecule has 0 saturated heterocycles. The summed E-state index contributed by atoms with van der Waals surface area (Å²) in [5, 5.41) is 9.23. The lowest BCUT2D eigenvalue weighted by Gasteiger charge is -1.99. The fourth-order valence-corrected chi connectivity index (χ4v) is 1.11. The van der Waals surface area contributed by atoms with Gasteiger partial charge >= 0.3 is 0 Å². The predicted molar refractivity (Wildman–Crippen MR) is 44.9 cm³/mol. The number of halogens is 1. The summed E-state index contributed by atoms with van der Waals surface area (Å²) in [4.78, 5) is 0. The number of phenolic OH excluding ortho intramolecular Hbond substituents is 1. The van der Waals surface area contributed by atoms with Crippen molar-refractivity contribution in [3.05, 3.63) is 34.7 Å². The Kier molecular flexibility index (Phi) is 2.33. The van der Waals surface area contributed by atoms with E-state index in [-0.39, 0.29) is 0 Å². The number of rotatable bonds is 1. The van der Waals surface area contributed by atoms with Crippen molar-refractivity contribution in [2.45, 2.75) is 6.92 Å². The molecule has 0 amide bonds. The molecule has 1 N–H and O–H groups in total. The van der Waals surface area contributed by atoms with Gasteiger partial charge in [0, 0.05) is 4.47 Å². The predicted octanol–water partition coefficient (Wildman–Crippen LogP) is 2.73. The minimum Gasteiger partial charge on any atom is -0.508 e. The minimum absolute atomic E-state index is 0.317. The third-order valence-electron chi connectivity index (χ3n) is 1.30. The molecule has 0 aliphatic carbocycles. The largest absolute Gasteiger partial charge is 0.508 e. The molecule has 1 radical (unpaired) electrons. The lowest BCUT2D eigenvalue weighted by molar-refractivity contribution is 0.471. The van der Waals surface area contributed by atoms with Crippen LogP contribution in [0.25, 0.3) is 0 Å². The average Bonchev–Trinajstić information content (AvgIpc) is 1.88. The zero-order chi connectivity index (χ0) is 7.56. The van der Waals surface area contributed by atoms with Gasteiger partial charge in [-0.05, 0) is 24.1 Å². The fourth-order valence-electron chi connectivity index (χ4n) is 0.761. The maximum atomic E-state index is 9.23. The smallest absolute Gasteiger partial charge is 0.120 e. The van der Waals surface area contributed by atoms with Gasteiger partial charge in [-0.25, -0.2) is 0 Å². The highest BCUT2D eigenvalue weighted by Crippen LogP contribution is 2.22. The van der Waals surface area contributed by atoms with E-state index in [9.17, 15) is 5.11 Å². The van der Waals surface area contributed by atoms with E-state index in [1.807, 2.05) is 25.5 Å². The van der Waals surface area contributed by atoms with Crippen LogP contribution in [-0.2, 0) is 0 Å². The zero-order valence-electron chi connectivity index (χ0n) is 5.63. The van der Waals surface area contributed by atoms with Crippen LogP contribution < -0.4 is 0 Å². The molecule has 10 heavy (non-hydrogen) atoms. The van der Waals surface area contributed by atoms with Crippen molar-refractivity contribution in [3.63, 3.8) is 0 Å². The van der Waals surface area contributed by atoms with Crippen LogP contribution in [0, 0.1) is 6.42 Å². The second-order valence-corrected chi connectivity index (χ2v) is 2.91. The molecular weight excluding hydrogens is 192 g/mol. The summed E-state index contributed by atoms with van der Waals surface area (Å²) >= 11 is 3.25. The molecule has 1 rings (SSSR count). The van der Waals surface area contributed by atoms with Crippen molar-refractivity contribution in [3.8, 4) is 5.75 Å². The van der Waals surface area contributed by atoms with Crippen molar-refractivity contribution in [2.75, 3.05) is 0 Å². The van der Waals surface area contributed by atoms with Crippen LogP contribution in [0.5, 0.6) is 5.75 Å². The molecule has 0 bridgehead atoms. The number of hydrogen-bond acceptors (Lipinski definition) is 1. The lowest BCUT2D eigenvalue weighted by atomic mass is 10.1. The SMILES string of the molecule is C[CH]c1ccc(Br)cc1O. The maximum Gasteiger partial charge on any atom is 0.120 e. The van der Waals surface area contributed by atoms with Gasteiger partial charge in [0.25, 0.3) is 0 Å². The van der Waals surface area contributed by atoms with Crippen LogP contribution in [0.15, 0.2) is 22.7 Å². The normalized spacial score (nSPS) is 9.80. The Morgan fingerprint density at radius 1 is 1.50 bits per heavy atom. The average molecular weight is 200 g/mol. The quantitative estimate of drug-likeness (QED) is 0.738. The Labute approximate surface area is 68.8 Å². The van der Waals surface area contributed by atoms with Crippen molar-refractivity contribution in [2.24, 2.45) is 0 Å². The van der Waals surface area contributed by atoms with Gasteiger partial charge < -0.3 is 5.11 Å². The molecule has 0 spiro atoms. The monoisotopic (exact) mass is 199 g/mol. The van der Waals surface area contributed by atoms with E-state index in [0.717, 1.165) is 10.0 Å². The fraction of sp³-hybridized carbons (Fsp3) is 0.125. The molecule has 1 aromatic carbocycles. The van der Waals surface area contributed by atoms with Gasteiger partial charge in [-0.3, -0.25) is 0 Å². The topological polar surface area (TPSA) is 20.2 Å². The molecule has 53 valence electrons. The second kappa shape index (κ2) is 3.06. The summed E-state index contributed by atoms with van der Waals surface area (Å²) in [5.74, 6) is 0.317. The summed E-state index contributed by atoms with van der Waals surface area (Å²) in [6.45, 7) is 1.89. The molecule has 0 heterocycles. The Morgan fingerprint density at radius 3 is 2.70 bits per heavy atom. The summed E-state index contributed by atoms with van der Waals surface area (Å²) < 4.78 is 0.899. The van der Waals surface area contributed by atoms with Crippen molar-refractivity contribution >= 4 is 15.9 Å². The van der Waals surface area contributed by atoms with Crippen LogP contribution in [0.4, 0.5) is 0 Å². The molecule has 1 aromatic rings. The minimum atomic E-state index is 0.317. The van der Waals surface area contributed by atoms with Gasteiger partial charge in [0.2, 0.25) is 0 Å². The highest BCUT2D eigenvalue weighted by molar-refractivity contribution is 9.10. The van der Waals surface area contributed by atoms with Crippen LogP contribution >= 0.6 is 15.9 Å². The van der Waals surface area contributed by atoms with E-state index in [4.69, 9.17) is 0 Å². The molecular formula is C8H8BrO. The summed E-state index contributed by atoms with van der Waals surface area (Å²) in [5.41, 5.74) is 0.864. The van der Waals surface area contributed by atoms with E-state index in [0.29, 0.717) is 5.75 Å². The Hall–Kier alpha value is -0.500. The Balaban J connectivity index is 3.07. The molecule has 0 atom stereocenters. The van der Waals surface area contributed by atoms with Crippen LogP contribution in [0.3, 0.4) is 0 Å². The van der Waals surface area contributed by atoms with Crippen LogP contribution in [0.2, 0.25) is 0 Å². The standard InChI is InChI=1S/C8H8BrO/c1-2-6-3-4-7(9)5-8(6)10/h2-5,10H,1H3. The summed E-state index contributed by atoms with van der Waals surface area (Å²) in [7, 11) is 0. The molecule has 1 nitrogen and oxygen atoms in total. The third-order valence-corrected chi connectivity index (χ3v) is 1.80. The first kappa shape index (κ1) is 7.61. The van der Waals surface area contributed by atoms with Gasteiger partial charge in [0.15, 0.2) is 0 Å². The lowest BCUT2D eigenvalue weighted by Crippen LogP contribution is -1.77. The summed E-state index contributed by atoms with van der Waals surface area (Å²) in [6, 6.07) is 5.43. The van der Waals surface area contributed by atoms with E-state index < -0.39 is 0 Å². The van der Waals surface area contributed by atoms with Crippen molar-refractivity contribution in [1.82, 2.24) is 0 Å². The molecule has 0 saturated carbocycles. The van der Waals surface area contributed by atoms with Crippen molar-refractivity contribution < 1.29 is 5.11 Å². The van der Waals surface area contributed by atoms with Gasteiger partial charge in [0.1, 0.15) is 5.75 Å². The molecule has 0 aliphatic rings. The molecule has 0 aliphatic heterocycles. The van der Waals surface area contributed by atoms with Crippen LogP contribution in [0.1, 0.15) is 12.5 Å². The van der Waals surface area contributed by atoms with Gasteiger partial charge in [-0.2, -0.15) is 0 Å². The Bertz CT molecular complexity index is 233. The van der Waals surface area contributed by atoms with Gasteiger partial charge in [-0.1, -0.05) is 28.9 Å². The first-order valence-corrected chi connectivity index (χ1v) is 3.81. The highest BCUT2D eigenvalue weighted by Gasteiger charge is 1.97. The third kappa shape index (κ3) is 1.51. The number of phenols is 1. The number of benzene rings is 1. The first-order chi connectivity index (χ1) is 4.74. The first-order valence-electron chi connectivity index (χ1n) is 3.02. The molecule has 2 heteroatoms. The van der Waals surface area contributed by atoms with E-state index >= 15 is 0 Å². The molecule has 0 fully saturated rings. The van der Waals surface area contributed by atoms with Gasteiger partial charge in [-0.15, -0.1) is 0 Å². The molecule has 0 aromatic heterocycles. The zero-order valence-corrected chi connectivity index (χ0v) is 7.22. The second-order valence-electron chi connectivity index (χ2n) is 1.99. The highest BCUT2D eigenvalue weighted by atomic mass is 79.9. The molecule has 0 unspecified atom stereocenters. The Morgan fingerprint density at radius 2 is 2.20 bits per heavy atom. The van der Waals surface area contributed by atoms with E-state index in [1.54, 1.807) is 6.07 Å². The van der Waals surface area contributed by atoms with Crippen LogP contribution in [-0.4, -0.2) is 5.11 Å². The number of hydrogen-bond donors (Lipinski definition) is 1. The maximum absolute atomic E-state index is 9.23. The summed E-state index contributed by atoms with van der Waals surface area (Å²) in [6.07, 6.45) is 1.86. The van der Waals surface area contributed by atoms with E-state index in [1.165, 1.54) is 0 Å². The van der Waals surface area contributed by atoms with Gasteiger partial charge in [0.05, 0.1) is 0 Å². The van der Waals surface area contributed by atoms with E-state index in [2.05, 4.69) is 15.9 Å².